The van der Waals surface area contributed by atoms with Crippen molar-refractivity contribution in [2.24, 2.45) is 0 Å². The molecule has 0 aromatic heterocycles. The van der Waals surface area contributed by atoms with E-state index in [1.54, 1.807) is 0 Å². The van der Waals surface area contributed by atoms with Crippen LogP contribution in [0.5, 0.6) is 0 Å². The van der Waals surface area contributed by atoms with Crippen molar-refractivity contribution in [3.63, 3.8) is 0 Å². The van der Waals surface area contributed by atoms with Gasteiger partial charge in [0.1, 0.15) is 0 Å². The SMILES string of the molecule is CCCC(Nc1ccc(CN(C)C)cc1)c1ccccc1. The lowest BCUT2D eigenvalue weighted by Crippen LogP contribution is -2.12. The lowest BCUT2D eigenvalue weighted by molar-refractivity contribution is 0.402. The number of anilines is 1. The summed E-state index contributed by atoms with van der Waals surface area (Å²) in [4.78, 5) is 2.19. The fourth-order valence-corrected chi connectivity index (χ4v) is 2.57. The molecule has 0 saturated heterocycles. The van der Waals surface area contributed by atoms with Crippen molar-refractivity contribution in [1.82, 2.24) is 4.90 Å². The smallest absolute Gasteiger partial charge is 0.0513 e. The number of rotatable bonds is 7. The Balaban J connectivity index is 2.06. The molecule has 112 valence electrons. The molecular weight excluding hydrogens is 256 g/mol. The van der Waals surface area contributed by atoms with Crippen LogP contribution >= 0.6 is 0 Å². The van der Waals surface area contributed by atoms with Crippen LogP contribution in [0.1, 0.15) is 36.9 Å². The summed E-state index contributed by atoms with van der Waals surface area (Å²) in [7, 11) is 4.19. The zero-order valence-electron chi connectivity index (χ0n) is 13.3. The maximum Gasteiger partial charge on any atom is 0.0513 e. The Morgan fingerprint density at radius 2 is 1.62 bits per heavy atom. The normalized spacial score (nSPS) is 12.4. The molecule has 0 aliphatic rings. The average Bonchev–Trinajstić information content (AvgIpc) is 2.49. The molecule has 0 amide bonds. The lowest BCUT2D eigenvalue weighted by atomic mass is 10.0. The van der Waals surface area contributed by atoms with Crippen LogP contribution in [-0.4, -0.2) is 19.0 Å². The van der Waals surface area contributed by atoms with E-state index in [4.69, 9.17) is 0 Å². The molecule has 0 aliphatic heterocycles. The van der Waals surface area contributed by atoms with Crippen LogP contribution in [0.15, 0.2) is 54.6 Å². The van der Waals surface area contributed by atoms with Crippen molar-refractivity contribution < 1.29 is 0 Å². The van der Waals surface area contributed by atoms with Crippen molar-refractivity contribution in [2.75, 3.05) is 19.4 Å². The van der Waals surface area contributed by atoms with Gasteiger partial charge in [0, 0.05) is 12.2 Å². The van der Waals surface area contributed by atoms with Gasteiger partial charge >= 0.3 is 0 Å². The average molecular weight is 282 g/mol. The third-order valence-corrected chi connectivity index (χ3v) is 3.57. The first-order valence-electron chi connectivity index (χ1n) is 7.74. The highest BCUT2D eigenvalue weighted by Crippen LogP contribution is 2.24. The molecule has 1 unspecified atom stereocenters. The molecule has 0 fully saturated rings. The van der Waals surface area contributed by atoms with E-state index >= 15 is 0 Å². The number of hydrogen-bond donors (Lipinski definition) is 1. The summed E-state index contributed by atoms with van der Waals surface area (Å²) < 4.78 is 0. The third kappa shape index (κ3) is 4.91. The largest absolute Gasteiger partial charge is 0.378 e. The summed E-state index contributed by atoms with van der Waals surface area (Å²) in [6, 6.07) is 19.9. The van der Waals surface area contributed by atoms with Crippen LogP contribution in [0.2, 0.25) is 0 Å². The first-order valence-corrected chi connectivity index (χ1v) is 7.74. The quantitative estimate of drug-likeness (QED) is 0.791. The molecule has 2 aromatic rings. The minimum absolute atomic E-state index is 0.385. The van der Waals surface area contributed by atoms with Gasteiger partial charge in [-0.25, -0.2) is 0 Å². The number of nitrogens with one attached hydrogen (secondary N) is 1. The maximum absolute atomic E-state index is 3.66. The summed E-state index contributed by atoms with van der Waals surface area (Å²) in [5.41, 5.74) is 3.90. The molecule has 0 bridgehead atoms. The first kappa shape index (κ1) is 15.6. The Kier molecular flexibility index (Phi) is 5.82. The van der Waals surface area contributed by atoms with Gasteiger partial charge in [-0.05, 0) is 43.8 Å². The van der Waals surface area contributed by atoms with Gasteiger partial charge in [-0.15, -0.1) is 0 Å². The second kappa shape index (κ2) is 7.84. The molecule has 2 nitrogen and oxygen atoms in total. The van der Waals surface area contributed by atoms with Crippen LogP contribution < -0.4 is 5.32 Å². The van der Waals surface area contributed by atoms with E-state index in [-0.39, 0.29) is 0 Å². The van der Waals surface area contributed by atoms with Gasteiger partial charge in [-0.3, -0.25) is 0 Å². The molecule has 21 heavy (non-hydrogen) atoms. The van der Waals surface area contributed by atoms with Gasteiger partial charge in [0.05, 0.1) is 6.04 Å². The van der Waals surface area contributed by atoms with Crippen molar-refractivity contribution in [3.8, 4) is 0 Å². The zero-order chi connectivity index (χ0) is 15.1. The van der Waals surface area contributed by atoms with Gasteiger partial charge in [-0.1, -0.05) is 55.8 Å². The molecule has 0 saturated carbocycles. The summed E-state index contributed by atoms with van der Waals surface area (Å²) in [6.07, 6.45) is 2.31. The number of benzene rings is 2. The van der Waals surface area contributed by atoms with Crippen LogP contribution in [0, 0.1) is 0 Å². The second-order valence-corrected chi connectivity index (χ2v) is 5.83. The molecule has 2 rings (SSSR count). The third-order valence-electron chi connectivity index (χ3n) is 3.57. The predicted octanol–water partition coefficient (Wildman–Crippen LogP) is 4.70. The molecule has 2 aromatic carbocycles. The highest BCUT2D eigenvalue weighted by Gasteiger charge is 2.09. The Labute approximate surface area is 128 Å². The Morgan fingerprint density at radius 1 is 0.952 bits per heavy atom. The molecule has 1 atom stereocenters. The van der Waals surface area contributed by atoms with E-state index in [0.29, 0.717) is 6.04 Å². The highest BCUT2D eigenvalue weighted by atomic mass is 15.0. The fourth-order valence-electron chi connectivity index (χ4n) is 2.57. The predicted molar refractivity (Wildman–Crippen MR) is 91.5 cm³/mol. The van der Waals surface area contributed by atoms with E-state index in [0.717, 1.165) is 13.0 Å². The molecule has 0 heterocycles. The Bertz CT molecular complexity index is 517. The number of hydrogen-bond acceptors (Lipinski definition) is 2. The number of nitrogens with zero attached hydrogens (tertiary/aromatic N) is 1. The summed E-state index contributed by atoms with van der Waals surface area (Å²) in [6.45, 7) is 3.22. The van der Waals surface area contributed by atoms with E-state index in [2.05, 4.69) is 85.8 Å². The molecule has 2 heteroatoms. The molecule has 0 radical (unpaired) electrons. The monoisotopic (exact) mass is 282 g/mol. The summed E-state index contributed by atoms with van der Waals surface area (Å²) in [5, 5.41) is 3.66. The topological polar surface area (TPSA) is 15.3 Å². The molecule has 0 aliphatic carbocycles. The van der Waals surface area contributed by atoms with Crippen molar-refractivity contribution in [2.45, 2.75) is 32.4 Å². The van der Waals surface area contributed by atoms with E-state index in [9.17, 15) is 0 Å². The fraction of sp³-hybridized carbons (Fsp3) is 0.368. The molecule has 1 N–H and O–H groups in total. The van der Waals surface area contributed by atoms with Crippen molar-refractivity contribution >= 4 is 5.69 Å². The summed E-state index contributed by atoms with van der Waals surface area (Å²) in [5.74, 6) is 0. The highest BCUT2D eigenvalue weighted by molar-refractivity contribution is 5.46. The van der Waals surface area contributed by atoms with Gasteiger partial charge in [0.15, 0.2) is 0 Å². The van der Waals surface area contributed by atoms with Crippen LogP contribution in [0.25, 0.3) is 0 Å². The van der Waals surface area contributed by atoms with E-state index in [1.807, 2.05) is 0 Å². The van der Waals surface area contributed by atoms with E-state index in [1.165, 1.54) is 23.2 Å². The van der Waals surface area contributed by atoms with Gasteiger partial charge in [-0.2, -0.15) is 0 Å². The van der Waals surface area contributed by atoms with Gasteiger partial charge < -0.3 is 10.2 Å². The first-order chi connectivity index (χ1) is 10.2. The van der Waals surface area contributed by atoms with Crippen molar-refractivity contribution in [3.05, 3.63) is 65.7 Å². The van der Waals surface area contributed by atoms with Crippen molar-refractivity contribution in [1.29, 1.82) is 0 Å². The van der Waals surface area contributed by atoms with Crippen LogP contribution in [-0.2, 0) is 6.54 Å². The van der Waals surface area contributed by atoms with E-state index < -0.39 is 0 Å². The molecule has 0 spiro atoms. The lowest BCUT2D eigenvalue weighted by Gasteiger charge is -2.20. The Morgan fingerprint density at radius 3 is 2.19 bits per heavy atom. The summed E-state index contributed by atoms with van der Waals surface area (Å²) >= 11 is 0. The van der Waals surface area contributed by atoms with Gasteiger partial charge in [0.2, 0.25) is 0 Å². The minimum atomic E-state index is 0.385. The minimum Gasteiger partial charge on any atom is -0.378 e. The van der Waals surface area contributed by atoms with Gasteiger partial charge in [0.25, 0.3) is 0 Å². The van der Waals surface area contributed by atoms with Crippen LogP contribution in [0.3, 0.4) is 0 Å². The second-order valence-electron chi connectivity index (χ2n) is 5.83. The Hall–Kier alpha value is -1.80. The zero-order valence-corrected chi connectivity index (χ0v) is 13.3. The van der Waals surface area contributed by atoms with Crippen LogP contribution in [0.4, 0.5) is 5.69 Å². The molecular formula is C19H26N2. The maximum atomic E-state index is 3.66. The standard InChI is InChI=1S/C19H26N2/c1-4-8-19(17-9-6-5-7-10-17)20-18-13-11-16(12-14-18)15-21(2)3/h5-7,9-14,19-20H,4,8,15H2,1-3H3.